The third kappa shape index (κ3) is 3.85. The van der Waals surface area contributed by atoms with Gasteiger partial charge in [0.15, 0.2) is 0 Å². The van der Waals surface area contributed by atoms with E-state index < -0.39 is 5.95 Å². The summed E-state index contributed by atoms with van der Waals surface area (Å²) in [7, 11) is 3.93. The third-order valence-electron chi connectivity index (χ3n) is 1.51. The molecule has 0 aliphatic rings. The predicted molar refractivity (Wildman–Crippen MR) is 48.2 cm³/mol. The summed E-state index contributed by atoms with van der Waals surface area (Å²) in [6.45, 7) is 1.41. The van der Waals surface area contributed by atoms with Gasteiger partial charge in [0.1, 0.15) is 12.4 Å². The van der Waals surface area contributed by atoms with E-state index in [2.05, 4.69) is 4.98 Å². The highest BCUT2D eigenvalue weighted by molar-refractivity contribution is 5.15. The Morgan fingerprint density at radius 1 is 1.46 bits per heavy atom. The van der Waals surface area contributed by atoms with Crippen LogP contribution in [-0.2, 0) is 0 Å². The lowest BCUT2D eigenvalue weighted by molar-refractivity contribution is 0.260. The van der Waals surface area contributed by atoms with Gasteiger partial charge < -0.3 is 9.64 Å². The van der Waals surface area contributed by atoms with E-state index in [1.54, 1.807) is 6.07 Å². The topological polar surface area (TPSA) is 25.4 Å². The van der Waals surface area contributed by atoms with Crippen LogP contribution in [0.15, 0.2) is 18.3 Å². The fourth-order valence-electron chi connectivity index (χ4n) is 0.794. The number of rotatable bonds is 4. The van der Waals surface area contributed by atoms with Crippen molar-refractivity contribution in [3.63, 3.8) is 0 Å². The van der Waals surface area contributed by atoms with Gasteiger partial charge in [-0.3, -0.25) is 0 Å². The minimum absolute atomic E-state index is 0.486. The zero-order chi connectivity index (χ0) is 9.68. The maximum absolute atomic E-state index is 12.4. The molecule has 1 aromatic rings. The molecule has 0 radical (unpaired) electrons. The fraction of sp³-hybridized carbons (Fsp3) is 0.444. The molecule has 0 aliphatic heterocycles. The first-order valence-electron chi connectivity index (χ1n) is 4.07. The first-order valence-corrected chi connectivity index (χ1v) is 4.07. The molecule has 0 amide bonds. The Kier molecular flexibility index (Phi) is 3.64. The molecule has 1 rings (SSSR count). The van der Waals surface area contributed by atoms with Crippen LogP contribution in [0.1, 0.15) is 0 Å². The molecule has 0 saturated carbocycles. The van der Waals surface area contributed by atoms with Gasteiger partial charge in [-0.2, -0.15) is 4.39 Å². The van der Waals surface area contributed by atoms with Crippen molar-refractivity contribution in [3.05, 3.63) is 24.3 Å². The highest BCUT2D eigenvalue weighted by atomic mass is 19.1. The SMILES string of the molecule is CN(C)CCOc1ccc(F)nc1. The Morgan fingerprint density at radius 3 is 2.77 bits per heavy atom. The fourth-order valence-corrected chi connectivity index (χ4v) is 0.794. The largest absolute Gasteiger partial charge is 0.491 e. The molecular weight excluding hydrogens is 171 g/mol. The zero-order valence-corrected chi connectivity index (χ0v) is 7.83. The van der Waals surface area contributed by atoms with E-state index in [-0.39, 0.29) is 0 Å². The van der Waals surface area contributed by atoms with Crippen molar-refractivity contribution >= 4 is 0 Å². The van der Waals surface area contributed by atoms with Crippen LogP contribution in [0.5, 0.6) is 5.75 Å². The van der Waals surface area contributed by atoms with Gasteiger partial charge in [0, 0.05) is 6.54 Å². The van der Waals surface area contributed by atoms with E-state index in [9.17, 15) is 4.39 Å². The maximum atomic E-state index is 12.4. The molecule has 0 unspecified atom stereocenters. The number of nitrogens with zero attached hydrogens (tertiary/aromatic N) is 2. The zero-order valence-electron chi connectivity index (χ0n) is 7.83. The van der Waals surface area contributed by atoms with E-state index in [1.165, 1.54) is 12.3 Å². The van der Waals surface area contributed by atoms with Gasteiger partial charge in [-0.1, -0.05) is 0 Å². The van der Waals surface area contributed by atoms with Gasteiger partial charge in [0.25, 0.3) is 0 Å². The van der Waals surface area contributed by atoms with E-state index in [4.69, 9.17) is 4.74 Å². The molecule has 0 aromatic carbocycles. The molecule has 3 nitrogen and oxygen atoms in total. The monoisotopic (exact) mass is 184 g/mol. The molecule has 72 valence electrons. The summed E-state index contributed by atoms with van der Waals surface area (Å²) in [6, 6.07) is 2.85. The summed E-state index contributed by atoms with van der Waals surface area (Å²) < 4.78 is 17.7. The third-order valence-corrected chi connectivity index (χ3v) is 1.51. The van der Waals surface area contributed by atoms with Crippen LogP contribution in [-0.4, -0.2) is 37.1 Å². The molecule has 0 spiro atoms. The van der Waals surface area contributed by atoms with E-state index in [0.717, 1.165) is 6.54 Å². The van der Waals surface area contributed by atoms with Crippen molar-refractivity contribution in [3.8, 4) is 5.75 Å². The van der Waals surface area contributed by atoms with Crippen LogP contribution >= 0.6 is 0 Å². The lowest BCUT2D eigenvalue weighted by Gasteiger charge is -2.10. The summed E-state index contributed by atoms with van der Waals surface area (Å²) in [5, 5.41) is 0. The first kappa shape index (κ1) is 9.92. The van der Waals surface area contributed by atoms with Crippen molar-refractivity contribution in [2.45, 2.75) is 0 Å². The molecule has 0 fully saturated rings. The normalized spacial score (nSPS) is 10.5. The van der Waals surface area contributed by atoms with Crippen LogP contribution in [0.25, 0.3) is 0 Å². The van der Waals surface area contributed by atoms with Crippen molar-refractivity contribution in [2.24, 2.45) is 0 Å². The summed E-state index contributed by atoms with van der Waals surface area (Å²) in [4.78, 5) is 5.48. The maximum Gasteiger partial charge on any atom is 0.213 e. The summed E-state index contributed by atoms with van der Waals surface area (Å²) in [5.41, 5.74) is 0. The average molecular weight is 184 g/mol. The molecule has 4 heteroatoms. The van der Waals surface area contributed by atoms with E-state index in [0.29, 0.717) is 12.4 Å². The van der Waals surface area contributed by atoms with E-state index in [1.807, 2.05) is 19.0 Å². The number of hydrogen-bond acceptors (Lipinski definition) is 3. The second-order valence-electron chi connectivity index (χ2n) is 2.97. The molecule has 0 aliphatic carbocycles. The van der Waals surface area contributed by atoms with Crippen molar-refractivity contribution in [1.29, 1.82) is 0 Å². The quantitative estimate of drug-likeness (QED) is 0.656. The van der Waals surface area contributed by atoms with Crippen molar-refractivity contribution < 1.29 is 9.13 Å². The van der Waals surface area contributed by atoms with Crippen LogP contribution in [0.4, 0.5) is 4.39 Å². The highest BCUT2D eigenvalue weighted by Crippen LogP contribution is 2.07. The Labute approximate surface area is 77.1 Å². The van der Waals surface area contributed by atoms with Crippen LogP contribution in [0, 0.1) is 5.95 Å². The van der Waals surface area contributed by atoms with Crippen molar-refractivity contribution in [2.75, 3.05) is 27.2 Å². The molecule has 0 N–H and O–H groups in total. The molecule has 0 atom stereocenters. The Morgan fingerprint density at radius 2 is 2.23 bits per heavy atom. The summed E-state index contributed by atoms with van der Waals surface area (Å²) >= 11 is 0. The summed E-state index contributed by atoms with van der Waals surface area (Å²) in [6.07, 6.45) is 1.38. The second-order valence-corrected chi connectivity index (χ2v) is 2.97. The summed E-state index contributed by atoms with van der Waals surface area (Å²) in [5.74, 6) is 0.114. The second kappa shape index (κ2) is 4.77. The lowest BCUT2D eigenvalue weighted by atomic mass is 10.4. The van der Waals surface area contributed by atoms with Gasteiger partial charge in [0.2, 0.25) is 5.95 Å². The van der Waals surface area contributed by atoms with Gasteiger partial charge in [0.05, 0.1) is 6.20 Å². The number of hydrogen-bond donors (Lipinski definition) is 0. The van der Waals surface area contributed by atoms with Gasteiger partial charge in [-0.05, 0) is 26.2 Å². The molecular formula is C9H13FN2O. The Hall–Kier alpha value is -1.16. The van der Waals surface area contributed by atoms with Crippen LogP contribution in [0.3, 0.4) is 0 Å². The standard InChI is InChI=1S/C9H13FN2O/c1-12(2)5-6-13-8-3-4-9(10)11-7-8/h3-4,7H,5-6H2,1-2H3. The lowest BCUT2D eigenvalue weighted by Crippen LogP contribution is -2.19. The van der Waals surface area contributed by atoms with Gasteiger partial charge in [-0.15, -0.1) is 0 Å². The van der Waals surface area contributed by atoms with Gasteiger partial charge >= 0.3 is 0 Å². The average Bonchev–Trinajstić information content (AvgIpc) is 2.08. The van der Waals surface area contributed by atoms with E-state index >= 15 is 0 Å². The first-order chi connectivity index (χ1) is 6.18. The molecule has 1 aromatic heterocycles. The molecule has 1 heterocycles. The molecule has 0 bridgehead atoms. The highest BCUT2D eigenvalue weighted by Gasteiger charge is 1.95. The minimum atomic E-state index is -0.486. The number of likely N-dealkylation sites (N-methyl/N-ethyl adjacent to an activating group) is 1. The Balaban J connectivity index is 2.33. The Bertz CT molecular complexity index is 248. The smallest absolute Gasteiger partial charge is 0.213 e. The number of ether oxygens (including phenoxy) is 1. The van der Waals surface area contributed by atoms with Crippen molar-refractivity contribution in [1.82, 2.24) is 9.88 Å². The van der Waals surface area contributed by atoms with Crippen LogP contribution < -0.4 is 4.74 Å². The number of halogens is 1. The van der Waals surface area contributed by atoms with Gasteiger partial charge in [-0.25, -0.2) is 4.98 Å². The minimum Gasteiger partial charge on any atom is -0.491 e. The molecule has 13 heavy (non-hydrogen) atoms. The molecule has 0 saturated heterocycles. The van der Waals surface area contributed by atoms with Crippen LogP contribution in [0.2, 0.25) is 0 Å². The predicted octanol–water partition coefficient (Wildman–Crippen LogP) is 1.16. The number of pyridine rings is 1. The number of aromatic nitrogens is 1.